The van der Waals surface area contributed by atoms with Crippen LogP contribution >= 0.6 is 0 Å². The Labute approximate surface area is 182 Å². The fraction of sp³-hybridized carbons (Fsp3) is 0.136. The molecule has 0 saturated carbocycles. The van der Waals surface area contributed by atoms with Gasteiger partial charge in [-0.15, -0.1) is 0 Å². The Morgan fingerprint density at radius 1 is 1.31 bits per heavy atom. The van der Waals surface area contributed by atoms with Crippen LogP contribution in [0.2, 0.25) is 0 Å². The molecule has 0 spiro atoms. The van der Waals surface area contributed by atoms with Gasteiger partial charge in [0.1, 0.15) is 22.8 Å². The zero-order valence-electron chi connectivity index (χ0n) is 17.2. The molecule has 162 valence electrons. The van der Waals surface area contributed by atoms with Crippen molar-refractivity contribution < 1.29 is 9.18 Å². The Morgan fingerprint density at radius 2 is 2.12 bits per heavy atom. The molecule has 0 radical (unpaired) electrons. The molecule has 3 aromatic heterocycles. The van der Waals surface area contributed by atoms with Gasteiger partial charge in [0.05, 0.1) is 17.4 Å². The molecular weight excluding hydrogens is 411 g/mol. The quantitative estimate of drug-likeness (QED) is 0.344. The minimum atomic E-state index is -0.524. The molecule has 0 saturated heterocycles. The summed E-state index contributed by atoms with van der Waals surface area (Å²) in [5.41, 5.74) is 14.6. The Kier molecular flexibility index (Phi) is 5.50. The van der Waals surface area contributed by atoms with E-state index in [1.807, 2.05) is 19.1 Å². The van der Waals surface area contributed by atoms with E-state index in [-0.39, 0.29) is 11.7 Å². The third-order valence-electron chi connectivity index (χ3n) is 4.92. The summed E-state index contributed by atoms with van der Waals surface area (Å²) in [7, 11) is 0. The minimum absolute atomic E-state index is 0.00839. The Morgan fingerprint density at radius 3 is 2.88 bits per heavy atom. The summed E-state index contributed by atoms with van der Waals surface area (Å²) in [5.74, 6) is -0.668. The van der Waals surface area contributed by atoms with Gasteiger partial charge in [-0.25, -0.2) is 9.37 Å². The zero-order chi connectivity index (χ0) is 22.8. The number of benzene rings is 1. The van der Waals surface area contributed by atoms with Gasteiger partial charge in [-0.2, -0.15) is 5.10 Å². The lowest BCUT2D eigenvalue weighted by Gasteiger charge is -2.13. The summed E-state index contributed by atoms with van der Waals surface area (Å²) in [5, 5.41) is 16.1. The van der Waals surface area contributed by atoms with Gasteiger partial charge in [-0.1, -0.05) is 6.07 Å². The van der Waals surface area contributed by atoms with Gasteiger partial charge in [-0.05, 0) is 36.8 Å². The molecule has 0 bridgehead atoms. The molecule has 3 heterocycles. The second-order valence-electron chi connectivity index (χ2n) is 7.36. The van der Waals surface area contributed by atoms with E-state index in [9.17, 15) is 9.18 Å². The van der Waals surface area contributed by atoms with Gasteiger partial charge < -0.3 is 22.2 Å². The monoisotopic (exact) mass is 432 g/mol. The maximum Gasteiger partial charge on any atom is 0.270 e. The van der Waals surface area contributed by atoms with Crippen LogP contribution in [0.25, 0.3) is 27.5 Å². The Hall–Kier alpha value is -4.34. The molecule has 4 rings (SSSR count). The topological polar surface area (TPSA) is 149 Å². The molecule has 1 atom stereocenters. The highest BCUT2D eigenvalue weighted by molar-refractivity contribution is 6.08. The van der Waals surface area contributed by atoms with E-state index in [4.69, 9.17) is 16.9 Å². The smallest absolute Gasteiger partial charge is 0.270 e. The third kappa shape index (κ3) is 4.10. The van der Waals surface area contributed by atoms with E-state index < -0.39 is 11.7 Å². The second kappa shape index (κ2) is 8.42. The van der Waals surface area contributed by atoms with Gasteiger partial charge >= 0.3 is 0 Å². The average Bonchev–Trinajstić information content (AvgIpc) is 3.18. The molecule has 32 heavy (non-hydrogen) atoms. The number of anilines is 1. The predicted octanol–water partition coefficient (Wildman–Crippen LogP) is 2.47. The van der Waals surface area contributed by atoms with Gasteiger partial charge in [0, 0.05) is 41.8 Å². The number of hydrogen-bond donors (Lipinski definition) is 4. The molecule has 4 aromatic rings. The van der Waals surface area contributed by atoms with Gasteiger partial charge in [0.2, 0.25) is 0 Å². The van der Waals surface area contributed by atoms with Crippen LogP contribution in [0, 0.1) is 11.2 Å². The summed E-state index contributed by atoms with van der Waals surface area (Å²) < 4.78 is 15.0. The number of nitrogens with zero attached hydrogens (tertiary/aromatic N) is 4. The van der Waals surface area contributed by atoms with Crippen molar-refractivity contribution in [3.05, 3.63) is 65.9 Å². The summed E-state index contributed by atoms with van der Waals surface area (Å²) in [6.45, 7) is 2.18. The Bertz CT molecular complexity index is 1380. The highest BCUT2D eigenvalue weighted by Gasteiger charge is 2.15. The Balaban J connectivity index is 1.60. The van der Waals surface area contributed by atoms with Gasteiger partial charge in [0.25, 0.3) is 5.91 Å². The highest BCUT2D eigenvalue weighted by atomic mass is 19.1. The molecule has 10 heteroatoms. The minimum Gasteiger partial charge on any atom is -0.398 e. The number of rotatable bonds is 6. The molecule has 0 aliphatic rings. The molecule has 0 aliphatic heterocycles. The number of carbonyl (C=O) groups is 1. The number of fused-ring (bicyclic) bond motifs is 3. The lowest BCUT2D eigenvalue weighted by molar-refractivity contribution is 0.0930. The van der Waals surface area contributed by atoms with Crippen LogP contribution in [-0.4, -0.2) is 37.9 Å². The average molecular weight is 432 g/mol. The fourth-order valence-electron chi connectivity index (χ4n) is 3.43. The number of carbonyl (C=O) groups excluding carboxylic acids is 1. The number of amides is 1. The molecule has 1 amide bonds. The summed E-state index contributed by atoms with van der Waals surface area (Å²) >= 11 is 0. The van der Waals surface area contributed by atoms with Crippen LogP contribution in [0.3, 0.4) is 0 Å². The first kappa shape index (κ1) is 20.9. The molecule has 6 N–H and O–H groups in total. The van der Waals surface area contributed by atoms with E-state index in [0.717, 1.165) is 23.2 Å². The predicted molar refractivity (Wildman–Crippen MR) is 122 cm³/mol. The van der Waals surface area contributed by atoms with Crippen molar-refractivity contribution in [3.8, 4) is 0 Å². The molecule has 0 fully saturated rings. The largest absolute Gasteiger partial charge is 0.398 e. The summed E-state index contributed by atoms with van der Waals surface area (Å²) in [6.07, 6.45) is 5.64. The normalized spacial score (nSPS) is 12.8. The fourth-order valence-corrected chi connectivity index (χ4v) is 3.43. The SMILES string of the molecule is CC(Cn1cc2c(N)nc3cc(/C(N)=C/C=N)ccc3c2n1)NC(=O)c1cc(F)ccn1. The van der Waals surface area contributed by atoms with Crippen molar-refractivity contribution in [2.24, 2.45) is 5.73 Å². The van der Waals surface area contributed by atoms with Crippen LogP contribution in [0.15, 0.2) is 48.8 Å². The van der Waals surface area contributed by atoms with E-state index in [0.29, 0.717) is 34.5 Å². The molecule has 1 unspecified atom stereocenters. The first-order valence-electron chi connectivity index (χ1n) is 9.81. The summed E-state index contributed by atoms with van der Waals surface area (Å²) in [6, 6.07) is 7.46. The number of halogens is 1. The van der Waals surface area contributed by atoms with Gasteiger partial charge in [-0.3, -0.25) is 14.5 Å². The van der Waals surface area contributed by atoms with Crippen LogP contribution in [0.5, 0.6) is 0 Å². The summed E-state index contributed by atoms with van der Waals surface area (Å²) in [4.78, 5) is 20.7. The number of hydrogen-bond acceptors (Lipinski definition) is 7. The highest BCUT2D eigenvalue weighted by Crippen LogP contribution is 2.28. The van der Waals surface area contributed by atoms with E-state index >= 15 is 0 Å². The van der Waals surface area contributed by atoms with Crippen molar-refractivity contribution in [2.75, 3.05) is 5.73 Å². The van der Waals surface area contributed by atoms with Crippen molar-refractivity contribution in [3.63, 3.8) is 0 Å². The van der Waals surface area contributed by atoms with E-state index in [1.54, 1.807) is 16.9 Å². The standard InChI is InChI=1S/C22H21FN8O/c1-12(28-22(32)19-9-14(23)5-7-27-19)10-31-11-16-20(30-31)15-3-2-13(17(25)4-6-24)8-18(15)29-21(16)26/h2-9,11-12,24H,10,25H2,1H3,(H2,26,29)(H,28,32)/b17-4-,24-6?. The zero-order valence-corrected chi connectivity index (χ0v) is 17.2. The first-order chi connectivity index (χ1) is 15.4. The molecule has 1 aromatic carbocycles. The number of nitrogen functional groups attached to an aromatic ring is 1. The van der Waals surface area contributed by atoms with Crippen LogP contribution in [-0.2, 0) is 6.54 Å². The van der Waals surface area contributed by atoms with Crippen molar-refractivity contribution in [2.45, 2.75) is 19.5 Å². The maximum absolute atomic E-state index is 13.3. The number of nitrogens with two attached hydrogens (primary N) is 2. The second-order valence-corrected chi connectivity index (χ2v) is 7.36. The maximum atomic E-state index is 13.3. The number of aromatic nitrogens is 4. The lowest BCUT2D eigenvalue weighted by Crippen LogP contribution is -2.36. The van der Waals surface area contributed by atoms with Crippen LogP contribution < -0.4 is 16.8 Å². The van der Waals surface area contributed by atoms with E-state index in [2.05, 4.69) is 20.4 Å². The van der Waals surface area contributed by atoms with Gasteiger partial charge in [0.15, 0.2) is 0 Å². The first-order valence-corrected chi connectivity index (χ1v) is 9.81. The molecular formula is C22H21FN8O. The molecule has 9 nitrogen and oxygen atoms in total. The third-order valence-corrected chi connectivity index (χ3v) is 4.92. The van der Waals surface area contributed by atoms with Crippen molar-refractivity contribution >= 4 is 45.4 Å². The number of allylic oxidation sites excluding steroid dienone is 1. The number of pyridine rings is 2. The van der Waals surface area contributed by atoms with Crippen LogP contribution in [0.1, 0.15) is 23.0 Å². The lowest BCUT2D eigenvalue weighted by atomic mass is 10.1. The molecule has 0 aliphatic carbocycles. The van der Waals surface area contributed by atoms with Crippen molar-refractivity contribution in [1.82, 2.24) is 25.1 Å². The van der Waals surface area contributed by atoms with Crippen molar-refractivity contribution in [1.29, 1.82) is 5.41 Å². The number of nitrogens with one attached hydrogen (secondary N) is 2. The van der Waals surface area contributed by atoms with Crippen LogP contribution in [0.4, 0.5) is 10.2 Å². The van der Waals surface area contributed by atoms with E-state index in [1.165, 1.54) is 18.3 Å².